The lowest BCUT2D eigenvalue weighted by Crippen LogP contribution is -2.30. The van der Waals surface area contributed by atoms with Crippen molar-refractivity contribution < 1.29 is 33.5 Å². The first-order chi connectivity index (χ1) is 13.8. The number of nitro groups is 1. The van der Waals surface area contributed by atoms with Gasteiger partial charge < -0.3 is 24.3 Å². The molecular weight excluding hydrogens is 384 g/mol. The first-order valence-electron chi connectivity index (χ1n) is 8.37. The predicted octanol–water partition coefficient (Wildman–Crippen LogP) is 2.80. The van der Waals surface area contributed by atoms with Gasteiger partial charge in [-0.15, -0.1) is 0 Å². The molecule has 0 spiro atoms. The fraction of sp³-hybridized carbons (Fsp3) is 0.263. The van der Waals surface area contributed by atoms with Crippen molar-refractivity contribution in [2.75, 3.05) is 26.6 Å². The van der Waals surface area contributed by atoms with E-state index in [9.17, 15) is 19.7 Å². The molecule has 0 saturated heterocycles. The smallest absolute Gasteiger partial charge is 0.342 e. The fourth-order valence-electron chi connectivity index (χ4n) is 2.40. The van der Waals surface area contributed by atoms with E-state index in [-0.39, 0.29) is 17.0 Å². The molecule has 0 radical (unpaired) electrons. The van der Waals surface area contributed by atoms with Crippen LogP contribution < -0.4 is 19.5 Å². The molecule has 29 heavy (non-hydrogen) atoms. The summed E-state index contributed by atoms with van der Waals surface area (Å²) >= 11 is 0. The number of ether oxygens (including phenoxy) is 4. The van der Waals surface area contributed by atoms with Crippen LogP contribution in [0.25, 0.3) is 0 Å². The van der Waals surface area contributed by atoms with Crippen LogP contribution in [-0.4, -0.2) is 44.2 Å². The lowest BCUT2D eigenvalue weighted by Gasteiger charge is -2.15. The third-order valence-corrected chi connectivity index (χ3v) is 3.92. The summed E-state index contributed by atoms with van der Waals surface area (Å²) in [6.07, 6.45) is -1.18. The van der Waals surface area contributed by atoms with Gasteiger partial charge in [0, 0.05) is 23.9 Å². The summed E-state index contributed by atoms with van der Waals surface area (Å²) in [5.41, 5.74) is -0.0591. The third kappa shape index (κ3) is 5.12. The largest absolute Gasteiger partial charge is 0.496 e. The van der Waals surface area contributed by atoms with Gasteiger partial charge in [0.25, 0.3) is 11.6 Å². The number of benzene rings is 2. The number of nitrogens with one attached hydrogen (secondary N) is 1. The molecule has 0 bridgehead atoms. The first kappa shape index (κ1) is 21.5. The van der Waals surface area contributed by atoms with Gasteiger partial charge in [-0.25, -0.2) is 4.79 Å². The molecule has 0 aromatic heterocycles. The van der Waals surface area contributed by atoms with Crippen LogP contribution in [0.4, 0.5) is 11.4 Å². The molecule has 0 saturated carbocycles. The van der Waals surface area contributed by atoms with E-state index in [1.54, 1.807) is 18.2 Å². The number of hydrogen-bond donors (Lipinski definition) is 1. The van der Waals surface area contributed by atoms with Gasteiger partial charge in [0.2, 0.25) is 0 Å². The zero-order valence-corrected chi connectivity index (χ0v) is 16.3. The van der Waals surface area contributed by atoms with Crippen molar-refractivity contribution in [2.45, 2.75) is 13.0 Å². The Bertz CT molecular complexity index is 928. The number of methoxy groups -OCH3 is 3. The number of nitrogens with zero attached hydrogens (tertiary/aromatic N) is 1. The summed E-state index contributed by atoms with van der Waals surface area (Å²) in [4.78, 5) is 35.1. The molecule has 1 N–H and O–H groups in total. The van der Waals surface area contributed by atoms with Crippen LogP contribution in [0.2, 0.25) is 0 Å². The summed E-state index contributed by atoms with van der Waals surface area (Å²) < 4.78 is 20.5. The molecule has 10 heteroatoms. The lowest BCUT2D eigenvalue weighted by molar-refractivity contribution is -0.384. The van der Waals surface area contributed by atoms with Crippen molar-refractivity contribution in [3.63, 3.8) is 0 Å². The van der Waals surface area contributed by atoms with Gasteiger partial charge >= 0.3 is 5.97 Å². The topological polar surface area (TPSA) is 126 Å². The number of esters is 1. The first-order valence-corrected chi connectivity index (χ1v) is 8.37. The van der Waals surface area contributed by atoms with E-state index in [1.807, 2.05) is 0 Å². The van der Waals surface area contributed by atoms with E-state index in [0.717, 1.165) is 6.07 Å². The van der Waals surface area contributed by atoms with E-state index >= 15 is 0 Å². The molecule has 10 nitrogen and oxygen atoms in total. The zero-order chi connectivity index (χ0) is 21.6. The van der Waals surface area contributed by atoms with E-state index in [0.29, 0.717) is 17.2 Å². The Kier molecular flexibility index (Phi) is 6.96. The van der Waals surface area contributed by atoms with Gasteiger partial charge in [-0.1, -0.05) is 0 Å². The normalized spacial score (nSPS) is 11.2. The summed E-state index contributed by atoms with van der Waals surface area (Å²) in [5, 5.41) is 13.5. The minimum atomic E-state index is -1.18. The van der Waals surface area contributed by atoms with Crippen molar-refractivity contribution in [3.8, 4) is 17.2 Å². The van der Waals surface area contributed by atoms with E-state index in [1.165, 1.54) is 40.4 Å². The number of rotatable bonds is 8. The van der Waals surface area contributed by atoms with Gasteiger partial charge in [-0.05, 0) is 25.1 Å². The highest BCUT2D eigenvalue weighted by Gasteiger charge is 2.24. The quantitative estimate of drug-likeness (QED) is 0.404. The highest BCUT2D eigenvalue weighted by Crippen LogP contribution is 2.30. The van der Waals surface area contributed by atoms with Crippen LogP contribution in [0.3, 0.4) is 0 Å². The van der Waals surface area contributed by atoms with Crippen molar-refractivity contribution >= 4 is 23.3 Å². The van der Waals surface area contributed by atoms with E-state index in [2.05, 4.69) is 5.32 Å². The van der Waals surface area contributed by atoms with Crippen LogP contribution in [0.1, 0.15) is 17.3 Å². The molecule has 2 aromatic carbocycles. The fourth-order valence-corrected chi connectivity index (χ4v) is 2.40. The van der Waals surface area contributed by atoms with E-state index < -0.39 is 22.9 Å². The number of nitro benzene ring substituents is 1. The van der Waals surface area contributed by atoms with Crippen molar-refractivity contribution in [1.29, 1.82) is 0 Å². The second-order valence-electron chi connectivity index (χ2n) is 5.75. The molecule has 1 atom stereocenters. The second-order valence-corrected chi connectivity index (χ2v) is 5.75. The average Bonchev–Trinajstić information content (AvgIpc) is 2.72. The Labute approximate surface area is 166 Å². The summed E-state index contributed by atoms with van der Waals surface area (Å²) in [5.74, 6) is -0.539. The maximum Gasteiger partial charge on any atom is 0.342 e. The van der Waals surface area contributed by atoms with Gasteiger partial charge in [-0.3, -0.25) is 14.9 Å². The Balaban J connectivity index is 2.12. The predicted molar refractivity (Wildman–Crippen MR) is 103 cm³/mol. The van der Waals surface area contributed by atoms with Crippen LogP contribution >= 0.6 is 0 Å². The van der Waals surface area contributed by atoms with E-state index in [4.69, 9.17) is 18.9 Å². The monoisotopic (exact) mass is 404 g/mol. The lowest BCUT2D eigenvalue weighted by atomic mass is 10.1. The third-order valence-electron chi connectivity index (χ3n) is 3.92. The maximum absolute atomic E-state index is 12.4. The van der Waals surface area contributed by atoms with Crippen molar-refractivity contribution in [3.05, 3.63) is 52.1 Å². The van der Waals surface area contributed by atoms with Gasteiger partial charge in [0.1, 0.15) is 11.3 Å². The van der Waals surface area contributed by atoms with Crippen molar-refractivity contribution in [2.24, 2.45) is 0 Å². The molecule has 2 rings (SSSR count). The Morgan fingerprint density at radius 2 is 1.59 bits per heavy atom. The minimum Gasteiger partial charge on any atom is -0.496 e. The Morgan fingerprint density at radius 3 is 2.17 bits per heavy atom. The minimum absolute atomic E-state index is 0.0908. The number of amides is 1. The average molecular weight is 404 g/mol. The molecule has 0 aliphatic carbocycles. The van der Waals surface area contributed by atoms with Crippen LogP contribution in [0.5, 0.6) is 17.2 Å². The molecule has 2 aromatic rings. The van der Waals surface area contributed by atoms with Gasteiger partial charge in [-0.2, -0.15) is 0 Å². The number of carbonyl (C=O) groups is 2. The Morgan fingerprint density at radius 1 is 0.966 bits per heavy atom. The molecular formula is C19H20N2O8. The molecule has 0 heterocycles. The number of anilines is 1. The van der Waals surface area contributed by atoms with Crippen molar-refractivity contribution in [1.82, 2.24) is 0 Å². The Hall–Kier alpha value is -3.82. The highest BCUT2D eigenvalue weighted by molar-refractivity contribution is 5.98. The molecule has 0 fully saturated rings. The molecule has 154 valence electrons. The van der Waals surface area contributed by atoms with Gasteiger partial charge in [0.15, 0.2) is 17.6 Å². The molecule has 0 aliphatic rings. The standard InChI is InChI=1S/C19H20N2O8/c1-11(18(22)20-12-5-7-16(27-3)17(9-12)28-4)29-19(23)14-10-13(21(24)25)6-8-15(14)26-2/h5-11H,1-4H3,(H,20,22)/t11-/m1/s1. The number of carbonyl (C=O) groups excluding carboxylic acids is 2. The molecule has 0 unspecified atom stereocenters. The molecule has 0 aliphatic heterocycles. The SMILES string of the molecule is COc1ccc(NC(=O)[C@@H](C)OC(=O)c2cc([N+](=O)[O-])ccc2OC)cc1OC. The van der Waals surface area contributed by atoms with Gasteiger partial charge in [0.05, 0.1) is 26.3 Å². The zero-order valence-electron chi connectivity index (χ0n) is 16.3. The molecule has 1 amide bonds. The summed E-state index contributed by atoms with van der Waals surface area (Å²) in [6, 6.07) is 8.26. The second kappa shape index (κ2) is 9.40. The summed E-state index contributed by atoms with van der Waals surface area (Å²) in [6.45, 7) is 1.37. The van der Waals surface area contributed by atoms with Crippen LogP contribution in [0.15, 0.2) is 36.4 Å². The number of non-ortho nitro benzene ring substituents is 1. The maximum atomic E-state index is 12.4. The van der Waals surface area contributed by atoms with Crippen LogP contribution in [-0.2, 0) is 9.53 Å². The number of hydrogen-bond acceptors (Lipinski definition) is 8. The van der Waals surface area contributed by atoms with Crippen LogP contribution in [0, 0.1) is 10.1 Å². The summed E-state index contributed by atoms with van der Waals surface area (Å²) in [7, 11) is 4.26. The highest BCUT2D eigenvalue weighted by atomic mass is 16.6.